The Morgan fingerprint density at radius 2 is 2.00 bits per heavy atom. The van der Waals surface area contributed by atoms with Crippen molar-refractivity contribution in [2.45, 2.75) is 31.7 Å². The van der Waals surface area contributed by atoms with E-state index in [0.717, 1.165) is 12.5 Å². The van der Waals surface area contributed by atoms with E-state index in [1.54, 1.807) is 0 Å². The van der Waals surface area contributed by atoms with Crippen LogP contribution in [0.3, 0.4) is 0 Å². The Morgan fingerprint density at radius 1 is 1.36 bits per heavy atom. The fraction of sp³-hybridized carbons (Fsp3) is 1.00. The minimum Gasteiger partial charge on any atom is -0.329 e. The first-order valence-corrected chi connectivity index (χ1v) is 7.02. The van der Waals surface area contributed by atoms with Crippen LogP contribution in [0.1, 0.15) is 26.2 Å². The van der Waals surface area contributed by atoms with Crippen LogP contribution in [0.25, 0.3) is 0 Å². The van der Waals surface area contributed by atoms with Crippen molar-refractivity contribution in [3.63, 3.8) is 0 Å². The van der Waals surface area contributed by atoms with Crippen molar-refractivity contribution in [3.8, 4) is 0 Å². The van der Waals surface area contributed by atoms with E-state index in [1.165, 1.54) is 43.9 Å². The molecule has 2 aliphatic rings. The van der Waals surface area contributed by atoms with Crippen molar-refractivity contribution >= 4 is 11.8 Å². The molecule has 1 unspecified atom stereocenters. The Morgan fingerprint density at radius 3 is 2.43 bits per heavy atom. The molecule has 1 atom stereocenters. The number of nitrogens with zero attached hydrogens (tertiary/aromatic N) is 1. The van der Waals surface area contributed by atoms with E-state index in [-0.39, 0.29) is 0 Å². The van der Waals surface area contributed by atoms with Gasteiger partial charge in [-0.2, -0.15) is 11.8 Å². The van der Waals surface area contributed by atoms with Crippen LogP contribution in [0.15, 0.2) is 0 Å². The normalized spacial score (nSPS) is 28.7. The summed E-state index contributed by atoms with van der Waals surface area (Å²) in [6.45, 7) is 5.68. The molecule has 0 aromatic rings. The second-order valence-electron chi connectivity index (χ2n) is 4.53. The average molecular weight is 214 g/mol. The van der Waals surface area contributed by atoms with E-state index in [1.807, 2.05) is 0 Å². The van der Waals surface area contributed by atoms with Gasteiger partial charge in [-0.05, 0) is 25.2 Å². The van der Waals surface area contributed by atoms with Crippen molar-refractivity contribution in [3.05, 3.63) is 0 Å². The maximum atomic E-state index is 6.04. The molecule has 0 aromatic heterocycles. The molecule has 0 spiro atoms. The van der Waals surface area contributed by atoms with E-state index in [0.29, 0.717) is 5.54 Å². The molecule has 0 amide bonds. The average Bonchev–Trinajstić information content (AvgIpc) is 3.07. The Labute approximate surface area is 91.6 Å². The fourth-order valence-electron chi connectivity index (χ4n) is 2.84. The summed E-state index contributed by atoms with van der Waals surface area (Å²) >= 11 is 2.09. The van der Waals surface area contributed by atoms with E-state index in [9.17, 15) is 0 Å². The maximum absolute atomic E-state index is 6.04. The van der Waals surface area contributed by atoms with Gasteiger partial charge in [0.15, 0.2) is 0 Å². The molecule has 1 aliphatic carbocycles. The number of rotatable bonds is 4. The van der Waals surface area contributed by atoms with Crippen molar-refractivity contribution in [2.75, 3.05) is 31.1 Å². The van der Waals surface area contributed by atoms with Crippen LogP contribution in [-0.4, -0.2) is 41.6 Å². The molecular formula is C11H22N2S. The summed E-state index contributed by atoms with van der Waals surface area (Å²) in [5, 5.41) is 0. The smallest absolute Gasteiger partial charge is 0.0357 e. The molecular weight excluding hydrogens is 192 g/mol. The predicted molar refractivity (Wildman–Crippen MR) is 63.7 cm³/mol. The zero-order chi connectivity index (χ0) is 10.0. The van der Waals surface area contributed by atoms with Gasteiger partial charge in [0.2, 0.25) is 0 Å². The van der Waals surface area contributed by atoms with Crippen molar-refractivity contribution in [2.24, 2.45) is 11.7 Å². The van der Waals surface area contributed by atoms with Gasteiger partial charge in [0.05, 0.1) is 0 Å². The molecule has 2 nitrogen and oxygen atoms in total. The van der Waals surface area contributed by atoms with Gasteiger partial charge < -0.3 is 5.73 Å². The van der Waals surface area contributed by atoms with Crippen LogP contribution in [0.2, 0.25) is 0 Å². The minimum atomic E-state index is 0.362. The lowest BCUT2D eigenvalue weighted by Crippen LogP contribution is -2.57. The van der Waals surface area contributed by atoms with Gasteiger partial charge in [-0.15, -0.1) is 0 Å². The van der Waals surface area contributed by atoms with Crippen LogP contribution >= 0.6 is 11.8 Å². The second-order valence-corrected chi connectivity index (χ2v) is 5.76. The lowest BCUT2D eigenvalue weighted by molar-refractivity contribution is 0.0790. The molecule has 82 valence electrons. The Balaban J connectivity index is 2.06. The third kappa shape index (κ3) is 1.82. The first-order valence-electron chi connectivity index (χ1n) is 5.86. The van der Waals surface area contributed by atoms with E-state index < -0.39 is 0 Å². The second kappa shape index (κ2) is 4.42. The molecule has 3 heteroatoms. The van der Waals surface area contributed by atoms with Gasteiger partial charge in [0.1, 0.15) is 0 Å². The summed E-state index contributed by atoms with van der Waals surface area (Å²) in [4.78, 5) is 2.68. The van der Waals surface area contributed by atoms with Crippen molar-refractivity contribution in [1.82, 2.24) is 4.90 Å². The Hall–Kier alpha value is 0.270. The largest absolute Gasteiger partial charge is 0.329 e. The van der Waals surface area contributed by atoms with Crippen LogP contribution in [-0.2, 0) is 0 Å². The highest BCUT2D eigenvalue weighted by Gasteiger charge is 2.46. The number of hydrogen-bond donors (Lipinski definition) is 1. The molecule has 1 heterocycles. The van der Waals surface area contributed by atoms with E-state index in [4.69, 9.17) is 5.73 Å². The van der Waals surface area contributed by atoms with Crippen LogP contribution in [0.5, 0.6) is 0 Å². The maximum Gasteiger partial charge on any atom is 0.0357 e. The zero-order valence-electron chi connectivity index (χ0n) is 9.17. The van der Waals surface area contributed by atoms with E-state index >= 15 is 0 Å². The van der Waals surface area contributed by atoms with Crippen LogP contribution < -0.4 is 5.73 Å². The lowest BCUT2D eigenvalue weighted by Gasteiger charge is -2.45. The highest BCUT2D eigenvalue weighted by atomic mass is 32.2. The third-order valence-electron chi connectivity index (χ3n) is 3.94. The highest BCUT2D eigenvalue weighted by Crippen LogP contribution is 2.45. The van der Waals surface area contributed by atoms with Crippen molar-refractivity contribution in [1.29, 1.82) is 0 Å². The summed E-state index contributed by atoms with van der Waals surface area (Å²) < 4.78 is 0. The monoisotopic (exact) mass is 214 g/mol. The van der Waals surface area contributed by atoms with Gasteiger partial charge >= 0.3 is 0 Å². The number of hydrogen-bond acceptors (Lipinski definition) is 3. The SMILES string of the molecule is CCC(CN)(C1CC1)N1CCSCC1. The summed E-state index contributed by atoms with van der Waals surface area (Å²) in [5.41, 5.74) is 6.40. The molecule has 2 rings (SSSR count). The van der Waals surface area contributed by atoms with Crippen LogP contribution in [0, 0.1) is 5.92 Å². The zero-order valence-corrected chi connectivity index (χ0v) is 9.98. The molecule has 1 saturated carbocycles. The molecule has 0 radical (unpaired) electrons. The van der Waals surface area contributed by atoms with Crippen molar-refractivity contribution < 1.29 is 0 Å². The topological polar surface area (TPSA) is 29.3 Å². The number of thioether (sulfide) groups is 1. The Bertz CT molecular complexity index is 182. The molecule has 2 N–H and O–H groups in total. The van der Waals surface area contributed by atoms with Gasteiger partial charge in [-0.3, -0.25) is 4.90 Å². The third-order valence-corrected chi connectivity index (χ3v) is 4.89. The molecule has 2 fully saturated rings. The first-order chi connectivity index (χ1) is 6.83. The minimum absolute atomic E-state index is 0.362. The summed E-state index contributed by atoms with van der Waals surface area (Å²) in [5.74, 6) is 3.50. The van der Waals surface area contributed by atoms with Gasteiger partial charge in [-0.25, -0.2) is 0 Å². The lowest BCUT2D eigenvalue weighted by atomic mass is 9.88. The van der Waals surface area contributed by atoms with Crippen LogP contribution in [0.4, 0.5) is 0 Å². The highest BCUT2D eigenvalue weighted by molar-refractivity contribution is 7.99. The number of nitrogens with two attached hydrogens (primary N) is 1. The first kappa shape index (κ1) is 10.8. The quantitative estimate of drug-likeness (QED) is 0.770. The molecule has 1 saturated heterocycles. The molecule has 0 aromatic carbocycles. The summed E-state index contributed by atoms with van der Waals surface area (Å²) in [6.07, 6.45) is 4.06. The summed E-state index contributed by atoms with van der Waals surface area (Å²) in [6, 6.07) is 0. The summed E-state index contributed by atoms with van der Waals surface area (Å²) in [7, 11) is 0. The van der Waals surface area contributed by atoms with Gasteiger partial charge in [0, 0.05) is 36.7 Å². The standard InChI is InChI=1S/C11H22N2S/c1-2-11(9-12,10-3-4-10)13-5-7-14-8-6-13/h10H,2-9,12H2,1H3. The fourth-order valence-corrected chi connectivity index (χ4v) is 3.74. The molecule has 1 aliphatic heterocycles. The Kier molecular flexibility index (Phi) is 3.40. The molecule has 0 bridgehead atoms. The molecule has 14 heavy (non-hydrogen) atoms. The predicted octanol–water partition coefficient (Wildman–Crippen LogP) is 1.55. The van der Waals surface area contributed by atoms with Gasteiger partial charge in [-0.1, -0.05) is 6.92 Å². The van der Waals surface area contributed by atoms with E-state index in [2.05, 4.69) is 23.6 Å². The van der Waals surface area contributed by atoms with Gasteiger partial charge in [0.25, 0.3) is 0 Å².